The predicted octanol–water partition coefficient (Wildman–Crippen LogP) is 4.04. The molecule has 5 nitrogen and oxygen atoms in total. The van der Waals surface area contributed by atoms with Gasteiger partial charge in [-0.05, 0) is 25.5 Å². The summed E-state index contributed by atoms with van der Waals surface area (Å²) in [5.74, 6) is 0.946. The van der Waals surface area contributed by atoms with E-state index in [4.69, 9.17) is 21.1 Å². The Morgan fingerprint density at radius 2 is 1.68 bits per heavy atom. The van der Waals surface area contributed by atoms with Gasteiger partial charge in [-0.1, -0.05) is 41.9 Å². The second-order valence-corrected chi connectivity index (χ2v) is 6.10. The Labute approximate surface area is 153 Å². The van der Waals surface area contributed by atoms with Gasteiger partial charge in [-0.2, -0.15) is 0 Å². The highest BCUT2D eigenvalue weighted by atomic mass is 35.5. The van der Waals surface area contributed by atoms with E-state index in [0.717, 1.165) is 5.56 Å². The standard InChI is InChI=1S/C19H23ClN2O3/c1-12(14-8-6-5-7-9-14)22-19(23)13(2)21-16-10-15(20)17(24-3)11-18(16)25-4/h5-13,21H,1-4H3,(H,22,23). The highest BCUT2D eigenvalue weighted by molar-refractivity contribution is 6.32. The molecule has 0 aliphatic carbocycles. The topological polar surface area (TPSA) is 59.6 Å². The van der Waals surface area contributed by atoms with E-state index < -0.39 is 6.04 Å². The van der Waals surface area contributed by atoms with Gasteiger partial charge in [0.15, 0.2) is 0 Å². The fraction of sp³-hybridized carbons (Fsp3) is 0.316. The minimum absolute atomic E-state index is 0.0840. The van der Waals surface area contributed by atoms with Gasteiger partial charge >= 0.3 is 0 Å². The molecule has 0 radical (unpaired) electrons. The smallest absolute Gasteiger partial charge is 0.242 e. The largest absolute Gasteiger partial charge is 0.495 e. The van der Waals surface area contributed by atoms with Gasteiger partial charge in [0, 0.05) is 6.07 Å². The Kier molecular flexibility index (Phi) is 6.53. The van der Waals surface area contributed by atoms with Crippen molar-refractivity contribution in [3.05, 3.63) is 53.1 Å². The second-order valence-electron chi connectivity index (χ2n) is 5.69. The number of benzene rings is 2. The lowest BCUT2D eigenvalue weighted by atomic mass is 10.1. The Bertz CT molecular complexity index is 722. The van der Waals surface area contributed by atoms with Crippen LogP contribution < -0.4 is 20.1 Å². The molecular formula is C19H23ClN2O3. The first-order valence-electron chi connectivity index (χ1n) is 7.99. The summed E-state index contributed by atoms with van der Waals surface area (Å²) in [4.78, 5) is 12.5. The summed E-state index contributed by atoms with van der Waals surface area (Å²) in [5.41, 5.74) is 1.68. The number of carbonyl (C=O) groups is 1. The number of hydrogen-bond acceptors (Lipinski definition) is 4. The molecule has 0 saturated heterocycles. The summed E-state index contributed by atoms with van der Waals surface area (Å²) in [6, 6.07) is 12.6. The minimum Gasteiger partial charge on any atom is -0.495 e. The molecule has 2 atom stereocenters. The van der Waals surface area contributed by atoms with Crippen LogP contribution in [0.1, 0.15) is 25.5 Å². The summed E-state index contributed by atoms with van der Waals surface area (Å²) in [5, 5.41) is 6.56. The van der Waals surface area contributed by atoms with Gasteiger partial charge in [0.2, 0.25) is 5.91 Å². The van der Waals surface area contributed by atoms with Crippen molar-refractivity contribution in [3.63, 3.8) is 0 Å². The molecule has 2 aromatic carbocycles. The number of amides is 1. The van der Waals surface area contributed by atoms with Crippen molar-refractivity contribution in [1.29, 1.82) is 0 Å². The third-order valence-corrected chi connectivity index (χ3v) is 4.19. The van der Waals surface area contributed by atoms with Gasteiger partial charge in [0.1, 0.15) is 17.5 Å². The molecule has 6 heteroatoms. The van der Waals surface area contributed by atoms with Gasteiger partial charge in [0.05, 0.1) is 31.0 Å². The quantitative estimate of drug-likeness (QED) is 0.780. The van der Waals surface area contributed by atoms with Crippen molar-refractivity contribution in [2.75, 3.05) is 19.5 Å². The van der Waals surface area contributed by atoms with Gasteiger partial charge in [0.25, 0.3) is 0 Å². The van der Waals surface area contributed by atoms with Gasteiger partial charge in [-0.3, -0.25) is 4.79 Å². The molecule has 2 N–H and O–H groups in total. The number of rotatable bonds is 7. The molecule has 0 aliphatic rings. The van der Waals surface area contributed by atoms with Crippen LogP contribution in [-0.4, -0.2) is 26.2 Å². The van der Waals surface area contributed by atoms with E-state index in [9.17, 15) is 4.79 Å². The lowest BCUT2D eigenvalue weighted by Crippen LogP contribution is -2.38. The number of anilines is 1. The van der Waals surface area contributed by atoms with E-state index in [1.54, 1.807) is 26.2 Å². The summed E-state index contributed by atoms with van der Waals surface area (Å²) in [6.45, 7) is 3.73. The third-order valence-electron chi connectivity index (χ3n) is 3.90. The van der Waals surface area contributed by atoms with Crippen LogP contribution in [0.5, 0.6) is 11.5 Å². The van der Waals surface area contributed by atoms with Crippen molar-refractivity contribution in [2.45, 2.75) is 25.9 Å². The summed E-state index contributed by atoms with van der Waals surface area (Å²) >= 11 is 6.16. The monoisotopic (exact) mass is 362 g/mol. The Morgan fingerprint density at radius 3 is 2.28 bits per heavy atom. The highest BCUT2D eigenvalue weighted by Gasteiger charge is 2.18. The highest BCUT2D eigenvalue weighted by Crippen LogP contribution is 2.36. The molecular weight excluding hydrogens is 340 g/mol. The molecule has 1 amide bonds. The molecule has 2 aromatic rings. The van der Waals surface area contributed by atoms with Gasteiger partial charge < -0.3 is 20.1 Å². The zero-order valence-electron chi connectivity index (χ0n) is 14.8. The van der Waals surface area contributed by atoms with Crippen molar-refractivity contribution in [1.82, 2.24) is 5.32 Å². The van der Waals surface area contributed by atoms with Crippen molar-refractivity contribution in [3.8, 4) is 11.5 Å². The number of carbonyl (C=O) groups excluding carboxylic acids is 1. The van der Waals surface area contributed by atoms with Crippen LogP contribution in [0.25, 0.3) is 0 Å². The van der Waals surface area contributed by atoms with Crippen LogP contribution in [0.15, 0.2) is 42.5 Å². The fourth-order valence-corrected chi connectivity index (χ4v) is 2.68. The summed E-state index contributed by atoms with van der Waals surface area (Å²) in [6.07, 6.45) is 0. The van der Waals surface area contributed by atoms with Gasteiger partial charge in [-0.15, -0.1) is 0 Å². The van der Waals surface area contributed by atoms with E-state index >= 15 is 0 Å². The van der Waals surface area contributed by atoms with E-state index in [2.05, 4.69) is 10.6 Å². The predicted molar refractivity (Wildman–Crippen MR) is 101 cm³/mol. The number of nitrogens with one attached hydrogen (secondary N) is 2. The van der Waals surface area contributed by atoms with Gasteiger partial charge in [-0.25, -0.2) is 0 Å². The molecule has 0 saturated carbocycles. The van der Waals surface area contributed by atoms with E-state index in [1.807, 2.05) is 37.3 Å². The molecule has 2 rings (SSSR count). The molecule has 2 unspecified atom stereocenters. The normalized spacial score (nSPS) is 12.8. The van der Waals surface area contributed by atoms with Crippen molar-refractivity contribution in [2.24, 2.45) is 0 Å². The molecule has 0 bridgehead atoms. The molecule has 0 aromatic heterocycles. The molecule has 0 fully saturated rings. The van der Waals surface area contributed by atoms with Crippen LogP contribution in [0.4, 0.5) is 5.69 Å². The molecule has 25 heavy (non-hydrogen) atoms. The average molecular weight is 363 g/mol. The molecule has 0 heterocycles. The summed E-state index contributed by atoms with van der Waals surface area (Å²) in [7, 11) is 3.09. The Morgan fingerprint density at radius 1 is 1.04 bits per heavy atom. The van der Waals surface area contributed by atoms with Crippen LogP contribution >= 0.6 is 11.6 Å². The van der Waals surface area contributed by atoms with Crippen LogP contribution in [0.3, 0.4) is 0 Å². The van der Waals surface area contributed by atoms with Crippen LogP contribution in [0, 0.1) is 0 Å². The Balaban J connectivity index is 2.07. The SMILES string of the molecule is COc1cc(OC)c(NC(C)C(=O)NC(C)c2ccccc2)cc1Cl. The number of halogens is 1. The van der Waals surface area contributed by atoms with E-state index in [0.29, 0.717) is 22.2 Å². The molecule has 0 spiro atoms. The third kappa shape index (κ3) is 4.79. The number of methoxy groups -OCH3 is 2. The maximum absolute atomic E-state index is 12.5. The second kappa shape index (κ2) is 8.62. The molecule has 134 valence electrons. The lowest BCUT2D eigenvalue weighted by molar-refractivity contribution is -0.122. The fourth-order valence-electron chi connectivity index (χ4n) is 2.44. The first-order chi connectivity index (χ1) is 12.0. The van der Waals surface area contributed by atoms with Crippen LogP contribution in [-0.2, 0) is 4.79 Å². The first-order valence-corrected chi connectivity index (χ1v) is 8.37. The van der Waals surface area contributed by atoms with Crippen molar-refractivity contribution >= 4 is 23.2 Å². The molecule has 0 aliphatic heterocycles. The van der Waals surface area contributed by atoms with E-state index in [1.165, 1.54) is 7.11 Å². The lowest BCUT2D eigenvalue weighted by Gasteiger charge is -2.21. The zero-order valence-corrected chi connectivity index (χ0v) is 15.6. The number of hydrogen-bond donors (Lipinski definition) is 2. The van der Waals surface area contributed by atoms with Crippen LogP contribution in [0.2, 0.25) is 5.02 Å². The zero-order chi connectivity index (χ0) is 18.4. The first kappa shape index (κ1) is 18.9. The number of ether oxygens (including phenoxy) is 2. The van der Waals surface area contributed by atoms with E-state index in [-0.39, 0.29) is 11.9 Å². The Hall–Kier alpha value is -2.40. The minimum atomic E-state index is -0.468. The van der Waals surface area contributed by atoms with Crippen molar-refractivity contribution < 1.29 is 14.3 Å². The summed E-state index contributed by atoms with van der Waals surface area (Å²) < 4.78 is 10.5. The maximum atomic E-state index is 12.5. The maximum Gasteiger partial charge on any atom is 0.242 e. The average Bonchev–Trinajstić information content (AvgIpc) is 2.62.